The van der Waals surface area contributed by atoms with Crippen molar-refractivity contribution in [1.29, 1.82) is 0 Å². The lowest BCUT2D eigenvalue weighted by Crippen LogP contribution is -2.20. The van der Waals surface area contributed by atoms with Crippen LogP contribution < -0.4 is 10.1 Å². The van der Waals surface area contributed by atoms with Gasteiger partial charge in [-0.3, -0.25) is 9.78 Å². The number of alkyl halides is 3. The number of carbonyl (C=O) groups is 1. The van der Waals surface area contributed by atoms with Gasteiger partial charge in [0.25, 0.3) is 0 Å². The van der Waals surface area contributed by atoms with E-state index < -0.39 is 35.6 Å². The third-order valence-electron chi connectivity index (χ3n) is 6.85. The molecule has 0 aliphatic rings. The molecule has 1 N–H and O–H groups in total. The number of benzene rings is 2. The summed E-state index contributed by atoms with van der Waals surface area (Å²) in [7, 11) is 3.56. The predicted octanol–water partition coefficient (Wildman–Crippen LogP) is 6.88. The summed E-state index contributed by atoms with van der Waals surface area (Å²) < 4.78 is 81.7. The third kappa shape index (κ3) is 7.12. The van der Waals surface area contributed by atoms with Gasteiger partial charge in [0.05, 0.1) is 39.2 Å². The van der Waals surface area contributed by atoms with Gasteiger partial charge in [-0.25, -0.2) is 13.8 Å². The number of hydrogen-bond acceptors (Lipinski definition) is 7. The Kier molecular flexibility index (Phi) is 9.37. The van der Waals surface area contributed by atoms with E-state index in [0.29, 0.717) is 53.9 Å². The topological polar surface area (TPSA) is 78.3 Å². The third-order valence-corrected chi connectivity index (χ3v) is 7.98. The fourth-order valence-corrected chi connectivity index (χ4v) is 5.68. The number of carbonyl (C=O) groups excluding carboxylic acids is 1. The van der Waals surface area contributed by atoms with E-state index in [2.05, 4.69) is 15.3 Å². The van der Waals surface area contributed by atoms with E-state index >= 15 is 4.39 Å². The van der Waals surface area contributed by atoms with Crippen molar-refractivity contribution in [2.75, 3.05) is 20.3 Å². The summed E-state index contributed by atoms with van der Waals surface area (Å²) in [6.45, 7) is 1.92. The molecule has 0 amide bonds. The molecule has 0 bridgehead atoms. The van der Waals surface area contributed by atoms with Gasteiger partial charge < -0.3 is 19.4 Å². The number of ether oxygens (including phenoxy) is 2. The van der Waals surface area contributed by atoms with Crippen molar-refractivity contribution in [3.8, 4) is 22.2 Å². The van der Waals surface area contributed by atoms with Crippen LogP contribution in [0.4, 0.5) is 22.0 Å². The Bertz CT molecular complexity index is 1800. The largest absolute Gasteiger partial charge is 0.453 e. The van der Waals surface area contributed by atoms with E-state index in [-0.39, 0.29) is 23.3 Å². The minimum absolute atomic E-state index is 0.0889. The van der Waals surface area contributed by atoms with Crippen LogP contribution in [-0.2, 0) is 42.1 Å². The number of nitrogens with one attached hydrogen (secondary N) is 1. The van der Waals surface area contributed by atoms with Crippen molar-refractivity contribution in [2.24, 2.45) is 7.05 Å². The average molecular weight is 631 g/mol. The van der Waals surface area contributed by atoms with Gasteiger partial charge in [0.2, 0.25) is 0 Å². The predicted molar refractivity (Wildman–Crippen MR) is 156 cm³/mol. The Morgan fingerprint density at radius 1 is 1.00 bits per heavy atom. The van der Waals surface area contributed by atoms with Gasteiger partial charge in [-0.05, 0) is 47.5 Å². The van der Waals surface area contributed by atoms with Crippen molar-refractivity contribution < 1.29 is 36.2 Å². The monoisotopic (exact) mass is 630 g/mol. The fourth-order valence-electron chi connectivity index (χ4n) is 4.58. The van der Waals surface area contributed by atoms with Gasteiger partial charge in [0.1, 0.15) is 23.2 Å². The highest BCUT2D eigenvalue weighted by Gasteiger charge is 2.31. The molecule has 0 saturated carbocycles. The fraction of sp³-hybridized carbons (Fsp3) is 0.258. The minimum atomic E-state index is -4.67. The van der Waals surface area contributed by atoms with Crippen molar-refractivity contribution in [1.82, 2.24) is 19.9 Å². The summed E-state index contributed by atoms with van der Waals surface area (Å²) in [4.78, 5) is 22.4. The van der Waals surface area contributed by atoms with E-state index in [4.69, 9.17) is 9.47 Å². The number of Topliss-reactive ketones (excluding diaryl/α,β-unsaturated/α-hetero) is 1. The zero-order chi connectivity index (χ0) is 31.4. The van der Waals surface area contributed by atoms with Crippen LogP contribution >= 0.6 is 11.3 Å². The summed E-state index contributed by atoms with van der Waals surface area (Å²) in [5, 5.41) is 3.29. The Labute approximate surface area is 253 Å². The number of methoxy groups -OCH3 is 1. The summed E-state index contributed by atoms with van der Waals surface area (Å²) in [5.74, 6) is -1.19. The number of imidazole rings is 1. The molecule has 0 spiro atoms. The maximum atomic E-state index is 15.1. The first-order chi connectivity index (χ1) is 21.0. The molecule has 0 saturated heterocycles. The van der Waals surface area contributed by atoms with Gasteiger partial charge in [0, 0.05) is 52.4 Å². The van der Waals surface area contributed by atoms with Crippen LogP contribution in [0.2, 0.25) is 0 Å². The molecule has 3 heterocycles. The summed E-state index contributed by atoms with van der Waals surface area (Å²) in [5.41, 5.74) is 0.483. The number of hydrogen-bond donors (Lipinski definition) is 1. The second-order valence-corrected chi connectivity index (χ2v) is 11.1. The molecule has 0 atom stereocenters. The van der Waals surface area contributed by atoms with Crippen LogP contribution in [0.3, 0.4) is 0 Å². The lowest BCUT2D eigenvalue weighted by Gasteiger charge is -2.10. The molecule has 0 radical (unpaired) electrons. The number of fused-ring (bicyclic) bond motifs is 1. The highest BCUT2D eigenvalue weighted by Crippen LogP contribution is 2.39. The van der Waals surface area contributed by atoms with E-state index in [9.17, 15) is 22.4 Å². The smallest absolute Gasteiger partial charge is 0.416 e. The molecule has 7 nitrogen and oxygen atoms in total. The summed E-state index contributed by atoms with van der Waals surface area (Å²) >= 11 is 1.40. The second-order valence-electron chi connectivity index (χ2n) is 10.00. The second kappa shape index (κ2) is 13.2. The van der Waals surface area contributed by atoms with Gasteiger partial charge >= 0.3 is 6.18 Å². The van der Waals surface area contributed by atoms with E-state index in [1.807, 2.05) is 17.7 Å². The van der Waals surface area contributed by atoms with Gasteiger partial charge in [-0.15, -0.1) is 11.3 Å². The lowest BCUT2D eigenvalue weighted by molar-refractivity contribution is -0.137. The van der Waals surface area contributed by atoms with Crippen molar-refractivity contribution in [3.05, 3.63) is 94.9 Å². The normalized spacial score (nSPS) is 11.8. The molecule has 5 rings (SSSR count). The zero-order valence-corrected chi connectivity index (χ0v) is 24.5. The molecule has 0 unspecified atom stereocenters. The van der Waals surface area contributed by atoms with Gasteiger partial charge in [-0.1, -0.05) is 6.07 Å². The van der Waals surface area contributed by atoms with Crippen LogP contribution in [0.5, 0.6) is 11.5 Å². The van der Waals surface area contributed by atoms with Crippen LogP contribution in [-0.4, -0.2) is 40.6 Å². The highest BCUT2D eigenvalue weighted by molar-refractivity contribution is 7.22. The molecule has 2 aromatic carbocycles. The summed E-state index contributed by atoms with van der Waals surface area (Å²) in [6.07, 6.45) is -2.18. The Balaban J connectivity index is 1.29. The molecular weight excluding hydrogens is 603 g/mol. The SMILES string of the molecule is COCCNCc1cnc(-c2cc3nccc(Oc4ccc(CC(=O)Cc5cc(C(F)(F)F)ccc5F)cc4F)c3s2)n1C. The number of thiophene rings is 1. The number of ketones is 1. The Hall–Kier alpha value is -4.20. The summed E-state index contributed by atoms with van der Waals surface area (Å²) in [6, 6.07) is 9.38. The molecule has 3 aromatic heterocycles. The highest BCUT2D eigenvalue weighted by atomic mass is 32.1. The Morgan fingerprint density at radius 3 is 2.57 bits per heavy atom. The van der Waals surface area contributed by atoms with Gasteiger partial charge in [-0.2, -0.15) is 13.2 Å². The number of halogens is 5. The van der Waals surface area contributed by atoms with Crippen LogP contribution in [0.25, 0.3) is 20.9 Å². The minimum Gasteiger partial charge on any atom is -0.453 e. The molecule has 0 aliphatic carbocycles. The quantitative estimate of drug-likeness (QED) is 0.120. The molecule has 44 heavy (non-hydrogen) atoms. The average Bonchev–Trinajstić information content (AvgIpc) is 3.57. The van der Waals surface area contributed by atoms with Gasteiger partial charge in [0.15, 0.2) is 11.6 Å². The Morgan fingerprint density at radius 2 is 1.82 bits per heavy atom. The van der Waals surface area contributed by atoms with Crippen LogP contribution in [0.1, 0.15) is 22.4 Å². The van der Waals surface area contributed by atoms with Crippen molar-refractivity contribution >= 4 is 27.3 Å². The lowest BCUT2D eigenvalue weighted by atomic mass is 10.0. The molecular formula is C31H27F5N4O3S. The number of nitrogens with zero attached hydrogens (tertiary/aromatic N) is 3. The maximum Gasteiger partial charge on any atom is 0.416 e. The first-order valence-corrected chi connectivity index (χ1v) is 14.3. The molecule has 0 fully saturated rings. The molecule has 5 aromatic rings. The van der Waals surface area contributed by atoms with E-state index in [1.54, 1.807) is 25.6 Å². The molecule has 0 aliphatic heterocycles. The van der Waals surface area contributed by atoms with E-state index in [1.165, 1.54) is 23.5 Å². The first kappa shape index (κ1) is 31.2. The first-order valence-electron chi connectivity index (χ1n) is 13.5. The van der Waals surface area contributed by atoms with Crippen LogP contribution in [0, 0.1) is 11.6 Å². The number of rotatable bonds is 12. The number of aromatic nitrogens is 3. The van der Waals surface area contributed by atoms with E-state index in [0.717, 1.165) is 22.5 Å². The van der Waals surface area contributed by atoms with Crippen molar-refractivity contribution in [2.45, 2.75) is 25.6 Å². The molecule has 13 heteroatoms. The molecule has 230 valence electrons. The zero-order valence-electron chi connectivity index (χ0n) is 23.7. The van der Waals surface area contributed by atoms with Crippen molar-refractivity contribution in [3.63, 3.8) is 0 Å². The van der Waals surface area contributed by atoms with Crippen LogP contribution in [0.15, 0.2) is 60.9 Å². The standard InChI is InChI=1S/C31H27F5N4O3S/c1-40-21(16-37-9-10-42-2)17-39-30(40)28-15-25-29(44-28)27(7-8-38-25)43-26-6-3-18(12-24(26)33)11-22(41)14-19-13-20(31(34,35)36)4-5-23(19)32/h3-8,12-13,15,17,37H,9-11,14,16H2,1-2H3. The number of pyridine rings is 1. The maximum absolute atomic E-state index is 15.1.